The second-order valence-electron chi connectivity index (χ2n) is 13.7. The van der Waals surface area contributed by atoms with Crippen molar-refractivity contribution in [3.63, 3.8) is 0 Å². The number of carbonyl (C=O) groups excluding carboxylic acids is 4. The van der Waals surface area contributed by atoms with E-state index in [1.807, 2.05) is 63.2 Å². The molecule has 2 aromatic carbocycles. The van der Waals surface area contributed by atoms with Crippen molar-refractivity contribution in [3.05, 3.63) is 59.2 Å². The molecule has 3 amide bonds. The molecule has 2 aromatic heterocycles. The Morgan fingerprint density at radius 2 is 1.79 bits per heavy atom. The van der Waals surface area contributed by atoms with Gasteiger partial charge in [-0.25, -0.2) is 4.98 Å². The number of hydrogen-bond donors (Lipinski definition) is 3. The number of nitrogens with one attached hydrogen (secondary N) is 3. The van der Waals surface area contributed by atoms with Gasteiger partial charge in [0.05, 0.1) is 23.4 Å². The molecular weight excluding hydrogens is 614 g/mol. The Kier molecular flexibility index (Phi) is 9.11. The highest BCUT2D eigenvalue weighted by Crippen LogP contribution is 2.42. The number of aromatic nitrogens is 2. The summed E-state index contributed by atoms with van der Waals surface area (Å²) in [4.78, 5) is 65.1. The smallest absolute Gasteiger partial charge is 0.268 e. The highest BCUT2D eigenvalue weighted by Gasteiger charge is 2.53. The fourth-order valence-corrected chi connectivity index (χ4v) is 8.19. The number of likely N-dealkylation sites (tertiary alicyclic amines) is 1. The number of Topliss-reactive ketones (excluding diaryl/α,β-unsaturated/α-hetero) is 1. The van der Waals surface area contributed by atoms with Crippen LogP contribution in [0.2, 0.25) is 0 Å². The van der Waals surface area contributed by atoms with Crippen molar-refractivity contribution >= 4 is 56.0 Å². The van der Waals surface area contributed by atoms with Gasteiger partial charge in [-0.2, -0.15) is 0 Å². The van der Waals surface area contributed by atoms with Gasteiger partial charge in [0.25, 0.3) is 5.91 Å². The van der Waals surface area contributed by atoms with E-state index in [-0.39, 0.29) is 35.3 Å². The van der Waals surface area contributed by atoms with E-state index in [2.05, 4.69) is 20.6 Å². The molecule has 1 saturated carbocycles. The number of amides is 3. The summed E-state index contributed by atoms with van der Waals surface area (Å²) in [6.07, 6.45) is 4.67. The number of ether oxygens (including phenoxy) is 1. The molecular formula is C36H43N5O5S. The van der Waals surface area contributed by atoms with Crippen molar-refractivity contribution in [1.29, 1.82) is 0 Å². The molecule has 47 heavy (non-hydrogen) atoms. The van der Waals surface area contributed by atoms with Gasteiger partial charge in [-0.1, -0.05) is 58.2 Å². The van der Waals surface area contributed by atoms with Gasteiger partial charge in [0, 0.05) is 17.4 Å². The molecule has 3 N–H and O–H groups in total. The highest BCUT2D eigenvalue weighted by atomic mass is 32.1. The maximum atomic E-state index is 14.6. The minimum Gasteiger partial charge on any atom is -0.496 e. The van der Waals surface area contributed by atoms with E-state index in [0.29, 0.717) is 23.0 Å². The van der Waals surface area contributed by atoms with E-state index in [0.717, 1.165) is 53.2 Å². The third-order valence-corrected chi connectivity index (χ3v) is 11.4. The molecule has 6 rings (SSSR count). The van der Waals surface area contributed by atoms with Crippen molar-refractivity contribution < 1.29 is 23.9 Å². The van der Waals surface area contributed by atoms with Crippen LogP contribution < -0.4 is 15.4 Å². The topological polar surface area (TPSA) is 133 Å². The minimum atomic E-state index is -0.834. The van der Waals surface area contributed by atoms with Crippen LogP contribution in [-0.4, -0.2) is 70.2 Å². The molecule has 0 bridgehead atoms. The average molecular weight is 658 g/mol. The third kappa shape index (κ3) is 6.25. The highest BCUT2D eigenvalue weighted by molar-refractivity contribution is 7.20. The minimum absolute atomic E-state index is 0.00125. The monoisotopic (exact) mass is 657 g/mol. The quantitative estimate of drug-likeness (QED) is 0.197. The van der Waals surface area contributed by atoms with Crippen LogP contribution in [-0.2, 0) is 9.59 Å². The summed E-state index contributed by atoms with van der Waals surface area (Å²) in [5.74, 6) is -0.704. The number of rotatable bonds is 9. The normalized spacial score (nSPS) is 21.0. The van der Waals surface area contributed by atoms with E-state index in [1.54, 1.807) is 25.0 Å². The number of ketones is 1. The summed E-state index contributed by atoms with van der Waals surface area (Å²) in [5, 5.41) is 7.11. The average Bonchev–Trinajstić information content (AvgIpc) is 3.77. The Morgan fingerprint density at radius 1 is 1.04 bits per heavy atom. The van der Waals surface area contributed by atoms with Crippen molar-refractivity contribution in [1.82, 2.24) is 25.5 Å². The summed E-state index contributed by atoms with van der Waals surface area (Å²) < 4.78 is 6.37. The maximum Gasteiger partial charge on any atom is 0.268 e. The summed E-state index contributed by atoms with van der Waals surface area (Å²) in [6, 6.07) is 12.4. The van der Waals surface area contributed by atoms with Gasteiger partial charge in [-0.05, 0) is 67.3 Å². The number of carbonyl (C=O) groups is 4. The molecule has 2 aliphatic rings. The molecule has 248 valence electrons. The standard InChI is InChI=1S/C36H43N5O5S/c1-20-19-41(31(36(20,3)4)33(44)37-21(2)30(42)34-39-25-14-9-10-17-28(25)47-34)35(45)29(22-12-7-6-8-13-22)40-32(43)26-18-23-24(38-26)15-11-16-27(23)46-5/h9-11,14-18,20-22,29,31,38H,6-8,12-13,19H2,1-5H3,(H,37,44)(H,40,43)/t20-,21?,29+,31-/m1/s1. The molecule has 3 heterocycles. The van der Waals surface area contributed by atoms with Crippen LogP contribution >= 0.6 is 11.3 Å². The van der Waals surface area contributed by atoms with Crippen molar-refractivity contribution in [3.8, 4) is 5.75 Å². The molecule has 10 nitrogen and oxygen atoms in total. The Balaban J connectivity index is 1.24. The second-order valence-corrected chi connectivity index (χ2v) is 14.7. The number of benzene rings is 2. The predicted molar refractivity (Wildman–Crippen MR) is 183 cm³/mol. The lowest BCUT2D eigenvalue weighted by Gasteiger charge is -2.37. The van der Waals surface area contributed by atoms with Crippen LogP contribution in [0.1, 0.15) is 80.1 Å². The number of fused-ring (bicyclic) bond motifs is 2. The van der Waals surface area contributed by atoms with Gasteiger partial charge in [-0.15, -0.1) is 11.3 Å². The summed E-state index contributed by atoms with van der Waals surface area (Å²) in [6.45, 7) is 8.04. The fraction of sp³-hybridized carbons (Fsp3) is 0.472. The van der Waals surface area contributed by atoms with Crippen LogP contribution in [0.3, 0.4) is 0 Å². The molecule has 4 aromatic rings. The van der Waals surface area contributed by atoms with Gasteiger partial charge < -0.3 is 25.3 Å². The zero-order valence-corrected chi connectivity index (χ0v) is 28.4. The van der Waals surface area contributed by atoms with Crippen LogP contribution in [0.4, 0.5) is 0 Å². The summed E-state index contributed by atoms with van der Waals surface area (Å²) in [5.41, 5.74) is 1.26. The largest absolute Gasteiger partial charge is 0.496 e. The van der Waals surface area contributed by atoms with Crippen LogP contribution in [0, 0.1) is 17.3 Å². The number of nitrogens with zero attached hydrogens (tertiary/aromatic N) is 2. The van der Waals surface area contributed by atoms with Crippen LogP contribution in [0.25, 0.3) is 21.1 Å². The Morgan fingerprint density at radius 3 is 2.51 bits per heavy atom. The Labute approximate surface area is 278 Å². The number of methoxy groups -OCH3 is 1. The first-order valence-electron chi connectivity index (χ1n) is 16.5. The lowest BCUT2D eigenvalue weighted by Crippen LogP contribution is -2.59. The van der Waals surface area contributed by atoms with E-state index >= 15 is 0 Å². The van der Waals surface area contributed by atoms with Crippen LogP contribution in [0.5, 0.6) is 5.75 Å². The second kappa shape index (κ2) is 13.1. The first kappa shape index (κ1) is 32.7. The number of hydrogen-bond acceptors (Lipinski definition) is 7. The summed E-state index contributed by atoms with van der Waals surface area (Å²) in [7, 11) is 1.59. The molecule has 4 atom stereocenters. The van der Waals surface area contributed by atoms with E-state index in [4.69, 9.17) is 4.74 Å². The van der Waals surface area contributed by atoms with Crippen molar-refractivity contribution in [2.45, 2.75) is 77.9 Å². The van der Waals surface area contributed by atoms with Gasteiger partial charge in [0.15, 0.2) is 5.01 Å². The molecule has 2 fully saturated rings. The molecule has 0 spiro atoms. The van der Waals surface area contributed by atoms with Crippen LogP contribution in [0.15, 0.2) is 48.5 Å². The SMILES string of the molecule is COc1cccc2[nH]c(C(=O)N[C@H](C(=O)N3C[C@@H](C)C(C)(C)[C@H]3C(=O)NC(C)C(=O)c3nc4ccccc4s3)C3CCCCC3)cc12. The third-order valence-electron chi connectivity index (χ3n) is 10.3. The van der Waals surface area contributed by atoms with Gasteiger partial charge in [0.2, 0.25) is 17.6 Å². The molecule has 1 aliphatic carbocycles. The van der Waals surface area contributed by atoms with Gasteiger partial charge >= 0.3 is 0 Å². The summed E-state index contributed by atoms with van der Waals surface area (Å²) >= 11 is 1.30. The van der Waals surface area contributed by atoms with Crippen molar-refractivity contribution in [2.75, 3.05) is 13.7 Å². The fourth-order valence-electron chi connectivity index (χ4n) is 7.20. The number of aromatic amines is 1. The van der Waals surface area contributed by atoms with E-state index in [1.165, 1.54) is 11.3 Å². The van der Waals surface area contributed by atoms with E-state index in [9.17, 15) is 19.2 Å². The number of thiazole rings is 1. The van der Waals surface area contributed by atoms with Crippen molar-refractivity contribution in [2.24, 2.45) is 17.3 Å². The molecule has 1 saturated heterocycles. The lowest BCUT2D eigenvalue weighted by molar-refractivity contribution is -0.143. The zero-order chi connectivity index (χ0) is 33.5. The lowest BCUT2D eigenvalue weighted by atomic mass is 9.77. The first-order chi connectivity index (χ1) is 22.5. The molecule has 0 radical (unpaired) electrons. The zero-order valence-electron chi connectivity index (χ0n) is 27.6. The number of H-pyrrole nitrogens is 1. The predicted octanol–water partition coefficient (Wildman–Crippen LogP) is 5.73. The number of para-hydroxylation sites is 1. The first-order valence-corrected chi connectivity index (χ1v) is 17.3. The molecule has 1 unspecified atom stereocenters. The van der Waals surface area contributed by atoms with Gasteiger partial charge in [0.1, 0.15) is 23.5 Å². The molecule has 1 aliphatic heterocycles. The maximum absolute atomic E-state index is 14.6. The Bertz CT molecular complexity index is 1790. The van der Waals surface area contributed by atoms with E-state index < -0.39 is 23.5 Å². The molecule has 11 heteroatoms. The van der Waals surface area contributed by atoms with Gasteiger partial charge in [-0.3, -0.25) is 19.2 Å². The Hall–Kier alpha value is -4.25.